The maximum Gasteiger partial charge on any atom is 0.299 e. The molecule has 0 atom stereocenters. The Morgan fingerprint density at radius 1 is 1.22 bits per heavy atom. The van der Waals surface area contributed by atoms with Crippen LogP contribution in [0.1, 0.15) is 0 Å². The first-order valence-corrected chi connectivity index (χ1v) is 5.23. The summed E-state index contributed by atoms with van der Waals surface area (Å²) in [5.74, 6) is 0. The van der Waals surface area contributed by atoms with Crippen molar-refractivity contribution in [3.63, 3.8) is 0 Å². The Morgan fingerprint density at radius 2 is 1.89 bits per heavy atom. The van der Waals surface area contributed by atoms with Gasteiger partial charge in [0.1, 0.15) is 5.69 Å². The fraction of sp³-hybridized carbons (Fsp3) is 0.400. The molecular weight excluding hydrogens is 240 g/mol. The summed E-state index contributed by atoms with van der Waals surface area (Å²) in [7, 11) is 3.76. The van der Waals surface area contributed by atoms with Crippen molar-refractivity contribution in [3.05, 3.63) is 38.4 Å². The maximum atomic E-state index is 10.8. The van der Waals surface area contributed by atoms with E-state index >= 15 is 0 Å². The van der Waals surface area contributed by atoms with Crippen LogP contribution in [0.2, 0.25) is 0 Å². The van der Waals surface area contributed by atoms with Gasteiger partial charge in [-0.25, -0.2) is 0 Å². The molecule has 0 bridgehead atoms. The minimum absolute atomic E-state index is 0.285. The van der Waals surface area contributed by atoms with Gasteiger partial charge in [0, 0.05) is 19.2 Å². The summed E-state index contributed by atoms with van der Waals surface area (Å²) in [4.78, 5) is 22.0. The van der Waals surface area contributed by atoms with Crippen LogP contribution in [-0.2, 0) is 0 Å². The number of nitrogens with zero attached hydrogens (tertiary/aromatic N) is 3. The minimum Gasteiger partial charge on any atom is -0.378 e. The second kappa shape index (κ2) is 5.92. The molecule has 0 aliphatic heterocycles. The topological polar surface area (TPSA) is 102 Å². The Hall–Kier alpha value is -2.22. The molecule has 0 radical (unpaired) electrons. The summed E-state index contributed by atoms with van der Waals surface area (Å²) in [6.07, 6.45) is 0. The van der Waals surface area contributed by atoms with Crippen LogP contribution in [-0.4, -0.2) is 41.9 Å². The third-order valence-corrected chi connectivity index (χ3v) is 2.26. The normalized spacial score (nSPS) is 10.4. The van der Waals surface area contributed by atoms with E-state index in [1.165, 1.54) is 12.1 Å². The van der Waals surface area contributed by atoms with Gasteiger partial charge in [0.05, 0.1) is 15.9 Å². The van der Waals surface area contributed by atoms with Crippen molar-refractivity contribution in [2.24, 2.45) is 0 Å². The van der Waals surface area contributed by atoms with E-state index in [0.29, 0.717) is 13.1 Å². The molecule has 1 aromatic rings. The number of anilines is 1. The molecule has 0 spiro atoms. The molecule has 0 fully saturated rings. The van der Waals surface area contributed by atoms with E-state index < -0.39 is 9.85 Å². The minimum atomic E-state index is -0.656. The van der Waals surface area contributed by atoms with Gasteiger partial charge < -0.3 is 10.2 Å². The van der Waals surface area contributed by atoms with Gasteiger partial charge in [0.2, 0.25) is 0 Å². The number of nitro groups is 2. The largest absolute Gasteiger partial charge is 0.378 e. The van der Waals surface area contributed by atoms with E-state index in [1.54, 1.807) is 0 Å². The van der Waals surface area contributed by atoms with Crippen molar-refractivity contribution >= 4 is 17.1 Å². The third-order valence-electron chi connectivity index (χ3n) is 2.26. The number of likely N-dealkylation sites (N-methyl/N-ethyl adjacent to an activating group) is 1. The number of nitrogens with one attached hydrogen (secondary N) is 1. The van der Waals surface area contributed by atoms with Gasteiger partial charge in [-0.15, -0.1) is 0 Å². The second-order valence-electron chi connectivity index (χ2n) is 3.95. The van der Waals surface area contributed by atoms with E-state index in [-0.39, 0.29) is 17.1 Å². The Morgan fingerprint density at radius 3 is 2.39 bits per heavy atom. The molecule has 0 aliphatic rings. The smallest absolute Gasteiger partial charge is 0.299 e. The maximum absolute atomic E-state index is 10.8. The average molecular weight is 254 g/mol. The highest BCUT2D eigenvalue weighted by Gasteiger charge is 2.18. The number of hydrogen-bond donors (Lipinski definition) is 1. The molecule has 8 heteroatoms. The van der Waals surface area contributed by atoms with Gasteiger partial charge in [-0.2, -0.15) is 0 Å². The molecule has 0 amide bonds. The van der Waals surface area contributed by atoms with Crippen molar-refractivity contribution in [1.29, 1.82) is 0 Å². The van der Waals surface area contributed by atoms with Gasteiger partial charge in [0.15, 0.2) is 0 Å². The number of rotatable bonds is 6. The monoisotopic (exact) mass is 254 g/mol. The summed E-state index contributed by atoms with van der Waals surface area (Å²) >= 11 is 0. The van der Waals surface area contributed by atoms with Gasteiger partial charge in [-0.05, 0) is 20.2 Å². The Kier molecular flexibility index (Phi) is 4.55. The Labute approximate surface area is 104 Å². The zero-order valence-electron chi connectivity index (χ0n) is 10.1. The highest BCUT2D eigenvalue weighted by molar-refractivity contribution is 5.65. The molecule has 0 saturated heterocycles. The summed E-state index contributed by atoms with van der Waals surface area (Å²) in [6.45, 7) is 1.22. The van der Waals surface area contributed by atoms with Gasteiger partial charge in [0.25, 0.3) is 11.4 Å². The predicted octanol–water partition coefficient (Wildman–Crippen LogP) is 1.48. The van der Waals surface area contributed by atoms with E-state index in [4.69, 9.17) is 0 Å². The summed E-state index contributed by atoms with van der Waals surface area (Å²) in [5.41, 5.74) is -0.296. The van der Waals surface area contributed by atoms with Crippen LogP contribution >= 0.6 is 0 Å². The fourth-order valence-corrected chi connectivity index (χ4v) is 1.35. The lowest BCUT2D eigenvalue weighted by molar-refractivity contribution is -0.393. The number of benzene rings is 1. The SMILES string of the molecule is CN(C)CCNc1ccc([N+](=O)[O-])cc1[N+](=O)[O-]. The van der Waals surface area contributed by atoms with Crippen molar-refractivity contribution in [2.75, 3.05) is 32.5 Å². The zero-order valence-corrected chi connectivity index (χ0v) is 10.1. The van der Waals surface area contributed by atoms with Crippen LogP contribution in [0.4, 0.5) is 17.1 Å². The number of non-ortho nitro benzene ring substituents is 1. The molecule has 0 saturated carbocycles. The van der Waals surface area contributed by atoms with Crippen molar-refractivity contribution in [2.45, 2.75) is 0 Å². The molecule has 1 rings (SSSR count). The first-order chi connectivity index (χ1) is 8.41. The molecule has 0 aromatic heterocycles. The predicted molar refractivity (Wildman–Crippen MR) is 66.8 cm³/mol. The number of hydrogen-bond acceptors (Lipinski definition) is 6. The molecular formula is C10H14N4O4. The Bertz CT molecular complexity index is 461. The molecule has 98 valence electrons. The van der Waals surface area contributed by atoms with Gasteiger partial charge in [-0.1, -0.05) is 0 Å². The molecule has 1 aromatic carbocycles. The standard InChI is InChI=1S/C10H14N4O4/c1-12(2)6-5-11-9-4-3-8(13(15)16)7-10(9)14(17)18/h3-4,7,11H,5-6H2,1-2H3. The zero-order chi connectivity index (χ0) is 13.7. The van der Waals surface area contributed by atoms with E-state index in [2.05, 4.69) is 5.32 Å². The lowest BCUT2D eigenvalue weighted by Gasteiger charge is -2.11. The van der Waals surface area contributed by atoms with Gasteiger partial charge in [-0.3, -0.25) is 20.2 Å². The first-order valence-electron chi connectivity index (χ1n) is 5.23. The molecule has 1 N–H and O–H groups in total. The highest BCUT2D eigenvalue weighted by Crippen LogP contribution is 2.28. The Balaban J connectivity index is 2.90. The third kappa shape index (κ3) is 3.67. The molecule has 8 nitrogen and oxygen atoms in total. The van der Waals surface area contributed by atoms with E-state index in [9.17, 15) is 20.2 Å². The van der Waals surface area contributed by atoms with E-state index in [1.807, 2.05) is 19.0 Å². The highest BCUT2D eigenvalue weighted by atomic mass is 16.6. The van der Waals surface area contributed by atoms with Gasteiger partial charge >= 0.3 is 0 Å². The lowest BCUT2D eigenvalue weighted by atomic mass is 10.2. The molecule has 0 unspecified atom stereocenters. The fourth-order valence-electron chi connectivity index (χ4n) is 1.35. The van der Waals surface area contributed by atoms with Crippen LogP contribution in [0.25, 0.3) is 0 Å². The van der Waals surface area contributed by atoms with Crippen LogP contribution in [0, 0.1) is 20.2 Å². The average Bonchev–Trinajstić information content (AvgIpc) is 2.28. The first kappa shape index (κ1) is 13.8. The van der Waals surface area contributed by atoms with Crippen LogP contribution < -0.4 is 5.32 Å². The van der Waals surface area contributed by atoms with E-state index in [0.717, 1.165) is 6.07 Å². The van der Waals surface area contributed by atoms with Crippen LogP contribution in [0.15, 0.2) is 18.2 Å². The quantitative estimate of drug-likeness (QED) is 0.609. The summed E-state index contributed by atoms with van der Waals surface area (Å²) in [6, 6.07) is 3.55. The molecule has 0 heterocycles. The second-order valence-corrected chi connectivity index (χ2v) is 3.95. The van der Waals surface area contributed by atoms with Crippen molar-refractivity contribution in [1.82, 2.24) is 4.90 Å². The summed E-state index contributed by atoms with van der Waals surface area (Å²) < 4.78 is 0. The van der Waals surface area contributed by atoms with Crippen LogP contribution in [0.5, 0.6) is 0 Å². The lowest BCUT2D eigenvalue weighted by Crippen LogP contribution is -2.21. The van der Waals surface area contributed by atoms with Crippen molar-refractivity contribution in [3.8, 4) is 0 Å². The molecule has 18 heavy (non-hydrogen) atoms. The van der Waals surface area contributed by atoms with Crippen LogP contribution in [0.3, 0.4) is 0 Å². The molecule has 0 aliphatic carbocycles. The number of nitro benzene ring substituents is 2. The van der Waals surface area contributed by atoms with Crippen molar-refractivity contribution < 1.29 is 9.85 Å². The summed E-state index contributed by atoms with van der Waals surface area (Å²) in [5, 5.41) is 24.3.